The number of allylic oxidation sites excluding steroid dienone is 4. The molecular weight excluding hydrogens is 270 g/mol. The normalized spacial score (nSPS) is 21.0. The van der Waals surface area contributed by atoms with Crippen LogP contribution in [0.3, 0.4) is 0 Å². The molecule has 0 saturated carbocycles. The van der Waals surface area contributed by atoms with Gasteiger partial charge in [-0.1, -0.05) is 0 Å². The molecule has 0 bridgehead atoms. The fraction of sp³-hybridized carbons (Fsp3) is 0.143. The Bertz CT molecular complexity index is 169. The molecule has 0 aromatic heterocycles. The number of hydrogen-bond donors (Lipinski definition) is 0. The Morgan fingerprint density at radius 2 is 1.88 bits per heavy atom. The van der Waals surface area contributed by atoms with E-state index in [9.17, 15) is 0 Å². The minimum atomic E-state index is -0.0417. The van der Waals surface area contributed by atoms with Crippen LogP contribution in [0.5, 0.6) is 0 Å². The average molecular weight is 275 g/mol. The SMILES string of the molecule is C#C[C]1([Re])C=CC=C1. The van der Waals surface area contributed by atoms with E-state index in [2.05, 4.69) is 5.92 Å². The third-order valence-electron chi connectivity index (χ3n) is 1.01. The van der Waals surface area contributed by atoms with E-state index in [1.807, 2.05) is 24.3 Å². The van der Waals surface area contributed by atoms with E-state index in [1.54, 1.807) is 19.2 Å². The zero-order valence-electron chi connectivity index (χ0n) is 4.26. The molecule has 0 fully saturated rings. The van der Waals surface area contributed by atoms with E-state index in [1.165, 1.54) is 0 Å². The van der Waals surface area contributed by atoms with Gasteiger partial charge >= 0.3 is 59.7 Å². The second-order valence-electron chi connectivity index (χ2n) is 1.63. The Morgan fingerprint density at radius 1 is 1.38 bits per heavy atom. The Kier molecular flexibility index (Phi) is 1.39. The summed E-state index contributed by atoms with van der Waals surface area (Å²) in [6.45, 7) is 0. The molecule has 0 nitrogen and oxygen atoms in total. The second kappa shape index (κ2) is 1.90. The maximum absolute atomic E-state index is 5.23. The summed E-state index contributed by atoms with van der Waals surface area (Å²) in [5.74, 6) is 2.69. The van der Waals surface area contributed by atoms with Gasteiger partial charge in [-0.05, 0) is 0 Å². The summed E-state index contributed by atoms with van der Waals surface area (Å²) in [5.41, 5.74) is 0. The van der Waals surface area contributed by atoms with Gasteiger partial charge in [0.05, 0.1) is 0 Å². The standard InChI is InChI=1S/C7H5.Re/c1-2-7-5-3-4-6-7;/h1,3-6H;. The van der Waals surface area contributed by atoms with Crippen molar-refractivity contribution in [2.45, 2.75) is 3.89 Å². The summed E-state index contributed by atoms with van der Waals surface area (Å²) in [6, 6.07) is 0. The Morgan fingerprint density at radius 3 is 2.12 bits per heavy atom. The Balaban J connectivity index is 2.89. The topological polar surface area (TPSA) is 0 Å². The van der Waals surface area contributed by atoms with Crippen molar-refractivity contribution in [3.05, 3.63) is 24.3 Å². The summed E-state index contributed by atoms with van der Waals surface area (Å²) in [4.78, 5) is 0. The first kappa shape index (κ1) is 5.83. The van der Waals surface area contributed by atoms with E-state index >= 15 is 0 Å². The van der Waals surface area contributed by atoms with Gasteiger partial charge in [0.15, 0.2) is 0 Å². The minimum absolute atomic E-state index is 0.0417. The van der Waals surface area contributed by atoms with Gasteiger partial charge in [-0.2, -0.15) is 0 Å². The summed E-state index contributed by atoms with van der Waals surface area (Å²) >= 11 is 1.61. The first-order chi connectivity index (χ1) is 3.77. The van der Waals surface area contributed by atoms with Crippen molar-refractivity contribution in [1.29, 1.82) is 0 Å². The Hall–Kier alpha value is -0.298. The van der Waals surface area contributed by atoms with Crippen LogP contribution in [0.4, 0.5) is 0 Å². The molecule has 1 heteroatoms. The molecule has 8 heavy (non-hydrogen) atoms. The molecule has 40 valence electrons. The van der Waals surface area contributed by atoms with Crippen LogP contribution >= 0.6 is 0 Å². The number of rotatable bonds is 0. The van der Waals surface area contributed by atoms with Gasteiger partial charge in [0.2, 0.25) is 0 Å². The monoisotopic (exact) mass is 276 g/mol. The van der Waals surface area contributed by atoms with Crippen molar-refractivity contribution in [2.75, 3.05) is 0 Å². The van der Waals surface area contributed by atoms with Crippen LogP contribution in [-0.2, 0) is 19.2 Å². The van der Waals surface area contributed by atoms with E-state index < -0.39 is 0 Å². The summed E-state index contributed by atoms with van der Waals surface area (Å²) in [6.07, 6.45) is 13.3. The van der Waals surface area contributed by atoms with Gasteiger partial charge < -0.3 is 0 Å². The Labute approximate surface area is 60.1 Å². The van der Waals surface area contributed by atoms with E-state index in [-0.39, 0.29) is 3.89 Å². The second-order valence-corrected chi connectivity index (χ2v) is 3.88. The third-order valence-corrected chi connectivity index (χ3v) is 2.31. The van der Waals surface area contributed by atoms with Crippen molar-refractivity contribution >= 4 is 0 Å². The van der Waals surface area contributed by atoms with Crippen molar-refractivity contribution in [3.63, 3.8) is 0 Å². The van der Waals surface area contributed by atoms with Crippen LogP contribution in [-0.4, -0.2) is 0 Å². The first-order valence-electron chi connectivity index (χ1n) is 2.31. The quantitative estimate of drug-likeness (QED) is 0.587. The summed E-state index contributed by atoms with van der Waals surface area (Å²) in [5, 5.41) is 0. The van der Waals surface area contributed by atoms with Gasteiger partial charge in [0.25, 0.3) is 0 Å². The zero-order valence-corrected chi connectivity index (χ0v) is 6.98. The molecule has 0 saturated heterocycles. The molecule has 1 rings (SSSR count). The van der Waals surface area contributed by atoms with Crippen molar-refractivity contribution in [3.8, 4) is 12.3 Å². The molecule has 0 aromatic carbocycles. The van der Waals surface area contributed by atoms with Gasteiger partial charge in [0, 0.05) is 0 Å². The fourth-order valence-corrected chi connectivity index (χ4v) is 1.07. The van der Waals surface area contributed by atoms with E-state index in [0.29, 0.717) is 0 Å². The summed E-state index contributed by atoms with van der Waals surface area (Å²) in [7, 11) is 0. The molecule has 1 aliphatic carbocycles. The molecule has 0 amide bonds. The number of terminal acetylenes is 1. The predicted molar refractivity (Wildman–Crippen MR) is 29.8 cm³/mol. The molecule has 0 unspecified atom stereocenters. The van der Waals surface area contributed by atoms with Crippen LogP contribution in [0.15, 0.2) is 24.3 Å². The molecule has 0 atom stereocenters. The van der Waals surface area contributed by atoms with Gasteiger partial charge in [-0.25, -0.2) is 0 Å². The van der Waals surface area contributed by atoms with Crippen molar-refractivity contribution in [2.24, 2.45) is 0 Å². The fourth-order valence-electron chi connectivity index (χ4n) is 0.543. The molecule has 0 heterocycles. The van der Waals surface area contributed by atoms with Crippen LogP contribution in [0.2, 0.25) is 3.89 Å². The molecule has 0 aliphatic heterocycles. The molecule has 0 N–H and O–H groups in total. The molecule has 0 aromatic rings. The van der Waals surface area contributed by atoms with Crippen LogP contribution < -0.4 is 0 Å². The van der Waals surface area contributed by atoms with Crippen LogP contribution in [0.25, 0.3) is 0 Å². The number of hydrogen-bond acceptors (Lipinski definition) is 0. The van der Waals surface area contributed by atoms with Crippen molar-refractivity contribution < 1.29 is 19.2 Å². The third kappa shape index (κ3) is 0.921. The molecular formula is C7H5Re. The molecule has 0 radical (unpaired) electrons. The van der Waals surface area contributed by atoms with E-state index in [4.69, 9.17) is 6.42 Å². The van der Waals surface area contributed by atoms with Crippen LogP contribution in [0.1, 0.15) is 0 Å². The molecule has 1 aliphatic rings. The maximum atomic E-state index is 5.23. The summed E-state index contributed by atoms with van der Waals surface area (Å²) < 4.78 is -0.0417. The predicted octanol–water partition coefficient (Wildman–Crippen LogP) is 1.45. The van der Waals surface area contributed by atoms with Crippen molar-refractivity contribution in [1.82, 2.24) is 0 Å². The van der Waals surface area contributed by atoms with Crippen LogP contribution in [0, 0.1) is 12.3 Å². The molecule has 0 spiro atoms. The first-order valence-corrected chi connectivity index (χ1v) is 3.66. The van der Waals surface area contributed by atoms with Gasteiger partial charge in [-0.3, -0.25) is 0 Å². The van der Waals surface area contributed by atoms with Gasteiger partial charge in [-0.15, -0.1) is 0 Å². The zero-order chi connectivity index (χ0) is 6.04. The average Bonchev–Trinajstić information content (AvgIpc) is 2.17. The van der Waals surface area contributed by atoms with Gasteiger partial charge in [0.1, 0.15) is 0 Å². The van der Waals surface area contributed by atoms with E-state index in [0.717, 1.165) is 0 Å².